The van der Waals surface area contributed by atoms with Crippen molar-refractivity contribution in [2.24, 2.45) is 5.92 Å². The first-order valence-electron chi connectivity index (χ1n) is 8.21. The monoisotopic (exact) mass is 378 g/mol. The number of aromatic nitrogens is 1. The summed E-state index contributed by atoms with van der Waals surface area (Å²) in [6, 6.07) is 7.40. The Kier molecular flexibility index (Phi) is 5.39. The molecule has 0 radical (unpaired) electrons. The molecule has 0 saturated heterocycles. The number of rotatable bonds is 4. The van der Waals surface area contributed by atoms with Crippen LogP contribution in [0.3, 0.4) is 0 Å². The summed E-state index contributed by atoms with van der Waals surface area (Å²) < 4.78 is 0. The number of carboxylic acids is 1. The van der Waals surface area contributed by atoms with Gasteiger partial charge in [0.05, 0.1) is 11.6 Å². The number of carbonyl (C=O) groups excluding carboxylic acids is 1. The molecule has 1 aromatic carbocycles. The van der Waals surface area contributed by atoms with Crippen molar-refractivity contribution in [3.05, 3.63) is 39.9 Å². The lowest BCUT2D eigenvalue weighted by molar-refractivity contribution is -0.142. The summed E-state index contributed by atoms with van der Waals surface area (Å²) in [5.41, 5.74) is 1.63. The number of aliphatic carboxylic acids is 1. The van der Waals surface area contributed by atoms with Crippen LogP contribution in [0.25, 0.3) is 10.6 Å². The standard InChI is InChI=1S/C18H19ClN2O3S/c1-10-15(25-17(20-10)11-2-6-13(19)7-3-11)16(22)21-14-8-4-12(5-9-14)18(23)24/h2-3,6-7,12,14H,4-5,8-9H2,1H3,(H,21,22)(H,23,24). The van der Waals surface area contributed by atoms with Crippen molar-refractivity contribution < 1.29 is 14.7 Å². The normalized spacial score (nSPS) is 20.2. The number of nitrogens with zero attached hydrogens (tertiary/aromatic N) is 1. The number of hydrogen-bond donors (Lipinski definition) is 2. The molecule has 0 bridgehead atoms. The summed E-state index contributed by atoms with van der Waals surface area (Å²) in [7, 11) is 0. The zero-order valence-corrected chi connectivity index (χ0v) is 15.4. The summed E-state index contributed by atoms with van der Waals surface area (Å²) in [5, 5.41) is 13.5. The van der Waals surface area contributed by atoms with Gasteiger partial charge in [-0.2, -0.15) is 0 Å². The van der Waals surface area contributed by atoms with Gasteiger partial charge in [-0.15, -0.1) is 11.3 Å². The third-order valence-electron chi connectivity index (χ3n) is 4.51. The minimum absolute atomic E-state index is 0.0311. The number of nitrogens with one attached hydrogen (secondary N) is 1. The second kappa shape index (κ2) is 7.54. The first-order valence-corrected chi connectivity index (χ1v) is 9.40. The molecule has 2 aromatic rings. The van der Waals surface area contributed by atoms with E-state index >= 15 is 0 Å². The highest BCUT2D eigenvalue weighted by Gasteiger charge is 2.27. The fraction of sp³-hybridized carbons (Fsp3) is 0.389. The van der Waals surface area contributed by atoms with Gasteiger partial charge in [-0.05, 0) is 44.7 Å². The predicted octanol–water partition coefficient (Wildman–Crippen LogP) is 4.15. The Bertz CT molecular complexity index is 780. The van der Waals surface area contributed by atoms with E-state index in [4.69, 9.17) is 16.7 Å². The molecule has 0 aliphatic heterocycles. The minimum Gasteiger partial charge on any atom is -0.481 e. The Balaban J connectivity index is 1.67. The molecule has 3 rings (SSSR count). The lowest BCUT2D eigenvalue weighted by Crippen LogP contribution is -2.38. The van der Waals surface area contributed by atoms with Crippen molar-refractivity contribution in [2.45, 2.75) is 38.6 Å². The van der Waals surface area contributed by atoms with Crippen LogP contribution in [0.5, 0.6) is 0 Å². The zero-order valence-electron chi connectivity index (χ0n) is 13.8. The number of hydrogen-bond acceptors (Lipinski definition) is 4. The van der Waals surface area contributed by atoms with E-state index in [9.17, 15) is 9.59 Å². The molecular weight excluding hydrogens is 360 g/mol. The molecular formula is C18H19ClN2O3S. The first kappa shape index (κ1) is 17.9. The van der Waals surface area contributed by atoms with Gasteiger partial charge in [0.15, 0.2) is 0 Å². The Morgan fingerprint density at radius 1 is 1.20 bits per heavy atom. The van der Waals surface area contributed by atoms with Crippen molar-refractivity contribution >= 4 is 34.8 Å². The highest BCUT2D eigenvalue weighted by atomic mass is 35.5. The van der Waals surface area contributed by atoms with Crippen molar-refractivity contribution in [1.82, 2.24) is 10.3 Å². The van der Waals surface area contributed by atoms with Crippen LogP contribution < -0.4 is 5.32 Å². The Labute approximate surface area is 155 Å². The first-order chi connectivity index (χ1) is 11.9. The highest BCUT2D eigenvalue weighted by Crippen LogP contribution is 2.30. The maximum absolute atomic E-state index is 12.6. The number of amides is 1. The molecule has 1 fully saturated rings. The average molecular weight is 379 g/mol. The fourth-order valence-electron chi connectivity index (χ4n) is 3.06. The minimum atomic E-state index is -0.740. The van der Waals surface area contributed by atoms with Crippen LogP contribution in [0, 0.1) is 12.8 Å². The molecule has 1 heterocycles. The predicted molar refractivity (Wildman–Crippen MR) is 98.1 cm³/mol. The number of thiazole rings is 1. The molecule has 132 valence electrons. The Morgan fingerprint density at radius 3 is 2.44 bits per heavy atom. The summed E-state index contributed by atoms with van der Waals surface area (Å²) in [4.78, 5) is 28.7. The molecule has 1 saturated carbocycles. The van der Waals surface area contributed by atoms with Gasteiger partial charge in [0.25, 0.3) is 5.91 Å². The summed E-state index contributed by atoms with van der Waals surface area (Å²) in [6.45, 7) is 1.83. The van der Waals surface area contributed by atoms with E-state index in [2.05, 4.69) is 10.3 Å². The molecule has 25 heavy (non-hydrogen) atoms. The molecule has 0 spiro atoms. The molecule has 1 amide bonds. The largest absolute Gasteiger partial charge is 0.481 e. The second-order valence-corrected chi connectivity index (χ2v) is 7.74. The maximum Gasteiger partial charge on any atom is 0.306 e. The van der Waals surface area contributed by atoms with Gasteiger partial charge in [0.1, 0.15) is 9.88 Å². The number of aryl methyl sites for hydroxylation is 1. The number of halogens is 1. The van der Waals surface area contributed by atoms with E-state index in [-0.39, 0.29) is 17.9 Å². The number of carbonyl (C=O) groups is 2. The van der Waals surface area contributed by atoms with Gasteiger partial charge in [-0.25, -0.2) is 4.98 Å². The van der Waals surface area contributed by atoms with E-state index in [0.29, 0.717) is 41.3 Å². The van der Waals surface area contributed by atoms with Gasteiger partial charge in [0, 0.05) is 16.6 Å². The number of carboxylic acid groups (broad SMARTS) is 1. The van der Waals surface area contributed by atoms with Crippen LogP contribution in [-0.4, -0.2) is 28.0 Å². The van der Waals surface area contributed by atoms with Crippen molar-refractivity contribution in [1.29, 1.82) is 0 Å². The fourth-order valence-corrected chi connectivity index (χ4v) is 4.16. The van der Waals surface area contributed by atoms with Gasteiger partial charge >= 0.3 is 5.97 Å². The highest BCUT2D eigenvalue weighted by molar-refractivity contribution is 7.17. The third-order valence-corrected chi connectivity index (χ3v) is 5.96. The molecule has 5 nitrogen and oxygen atoms in total. The molecule has 0 atom stereocenters. The lowest BCUT2D eigenvalue weighted by Gasteiger charge is -2.26. The lowest BCUT2D eigenvalue weighted by atomic mass is 9.86. The van der Waals surface area contributed by atoms with Crippen LogP contribution in [0.15, 0.2) is 24.3 Å². The van der Waals surface area contributed by atoms with Gasteiger partial charge in [0.2, 0.25) is 0 Å². The van der Waals surface area contributed by atoms with Crippen LogP contribution in [0.2, 0.25) is 5.02 Å². The van der Waals surface area contributed by atoms with Crippen LogP contribution in [0.1, 0.15) is 41.0 Å². The van der Waals surface area contributed by atoms with E-state index in [1.165, 1.54) is 11.3 Å². The van der Waals surface area contributed by atoms with Crippen LogP contribution in [-0.2, 0) is 4.79 Å². The summed E-state index contributed by atoms with van der Waals surface area (Å²) >= 11 is 7.27. The van der Waals surface area contributed by atoms with Crippen molar-refractivity contribution in [2.75, 3.05) is 0 Å². The Hall–Kier alpha value is -1.92. The molecule has 1 aromatic heterocycles. The summed E-state index contributed by atoms with van der Waals surface area (Å²) in [5.74, 6) is -1.15. The van der Waals surface area contributed by atoms with E-state index in [1.54, 1.807) is 12.1 Å². The van der Waals surface area contributed by atoms with E-state index < -0.39 is 5.97 Å². The maximum atomic E-state index is 12.6. The van der Waals surface area contributed by atoms with Crippen LogP contribution in [0.4, 0.5) is 0 Å². The third kappa shape index (κ3) is 4.19. The zero-order chi connectivity index (χ0) is 18.0. The smallest absolute Gasteiger partial charge is 0.306 e. The molecule has 2 N–H and O–H groups in total. The topological polar surface area (TPSA) is 79.3 Å². The van der Waals surface area contributed by atoms with Gasteiger partial charge in [-0.1, -0.05) is 23.7 Å². The number of benzene rings is 1. The summed E-state index contributed by atoms with van der Waals surface area (Å²) in [6.07, 6.45) is 2.62. The average Bonchev–Trinajstić information content (AvgIpc) is 2.98. The van der Waals surface area contributed by atoms with E-state index in [0.717, 1.165) is 10.6 Å². The molecule has 0 unspecified atom stereocenters. The van der Waals surface area contributed by atoms with Crippen LogP contribution >= 0.6 is 22.9 Å². The quantitative estimate of drug-likeness (QED) is 0.837. The van der Waals surface area contributed by atoms with Gasteiger partial charge in [-0.3, -0.25) is 9.59 Å². The second-order valence-electron chi connectivity index (χ2n) is 6.30. The van der Waals surface area contributed by atoms with Crippen molar-refractivity contribution in [3.8, 4) is 10.6 Å². The molecule has 1 aliphatic rings. The molecule has 7 heteroatoms. The van der Waals surface area contributed by atoms with E-state index in [1.807, 2.05) is 19.1 Å². The Morgan fingerprint density at radius 2 is 1.84 bits per heavy atom. The SMILES string of the molecule is Cc1nc(-c2ccc(Cl)cc2)sc1C(=O)NC1CCC(C(=O)O)CC1. The molecule has 1 aliphatic carbocycles. The van der Waals surface area contributed by atoms with Crippen molar-refractivity contribution in [3.63, 3.8) is 0 Å². The van der Waals surface area contributed by atoms with Gasteiger partial charge < -0.3 is 10.4 Å².